The Bertz CT molecular complexity index is 3140. The summed E-state index contributed by atoms with van der Waals surface area (Å²) in [6.45, 7) is 0. The van der Waals surface area contributed by atoms with Gasteiger partial charge in [-0.2, -0.15) is 9.97 Å². The summed E-state index contributed by atoms with van der Waals surface area (Å²) in [4.78, 5) is 15.6. The normalized spacial score (nSPS) is 11.7. The van der Waals surface area contributed by atoms with Crippen LogP contribution in [0.2, 0.25) is 0 Å². The van der Waals surface area contributed by atoms with Crippen LogP contribution < -0.4 is 0 Å². The van der Waals surface area contributed by atoms with Crippen molar-refractivity contribution in [3.63, 3.8) is 0 Å². The van der Waals surface area contributed by atoms with Gasteiger partial charge in [0.2, 0.25) is 5.95 Å². The van der Waals surface area contributed by atoms with Gasteiger partial charge in [0.25, 0.3) is 0 Å². The molecular formula is C49H31N5. The molecule has 252 valence electrons. The number of fused-ring (bicyclic) bond motifs is 8. The Morgan fingerprint density at radius 3 is 1.57 bits per heavy atom. The first-order chi connectivity index (χ1) is 26.8. The van der Waals surface area contributed by atoms with Crippen molar-refractivity contribution in [3.8, 4) is 45.5 Å². The highest BCUT2D eigenvalue weighted by molar-refractivity contribution is 6.29. The van der Waals surface area contributed by atoms with Crippen molar-refractivity contribution in [2.45, 2.75) is 0 Å². The van der Waals surface area contributed by atoms with Gasteiger partial charge in [-0.25, -0.2) is 4.98 Å². The van der Waals surface area contributed by atoms with Crippen LogP contribution in [-0.2, 0) is 0 Å². The molecule has 5 heteroatoms. The molecule has 0 aliphatic carbocycles. The summed E-state index contributed by atoms with van der Waals surface area (Å²) in [6.07, 6.45) is 0. The number of rotatable bonds is 5. The molecule has 11 aromatic rings. The lowest BCUT2D eigenvalue weighted by Gasteiger charge is -2.15. The summed E-state index contributed by atoms with van der Waals surface area (Å²) in [5.41, 5.74) is 9.64. The summed E-state index contributed by atoms with van der Waals surface area (Å²) < 4.78 is 4.69. The molecule has 0 aliphatic heterocycles. The van der Waals surface area contributed by atoms with Crippen LogP contribution in [0.5, 0.6) is 0 Å². The van der Waals surface area contributed by atoms with Crippen LogP contribution >= 0.6 is 0 Å². The van der Waals surface area contributed by atoms with Crippen molar-refractivity contribution in [1.29, 1.82) is 0 Å². The van der Waals surface area contributed by atoms with Crippen molar-refractivity contribution < 1.29 is 0 Å². The van der Waals surface area contributed by atoms with Crippen LogP contribution in [0.4, 0.5) is 0 Å². The number of hydrogen-bond donors (Lipinski definition) is 0. The van der Waals surface area contributed by atoms with Crippen LogP contribution in [0, 0.1) is 0 Å². The average molecular weight is 690 g/mol. The van der Waals surface area contributed by atoms with Gasteiger partial charge in [-0.05, 0) is 52.2 Å². The van der Waals surface area contributed by atoms with E-state index >= 15 is 0 Å². The molecule has 0 bridgehead atoms. The van der Waals surface area contributed by atoms with Gasteiger partial charge in [0, 0.05) is 38.4 Å². The topological polar surface area (TPSA) is 48.5 Å². The summed E-state index contributed by atoms with van der Waals surface area (Å²) in [5, 5.41) is 7.06. The summed E-state index contributed by atoms with van der Waals surface area (Å²) in [6, 6.07) is 66.2. The van der Waals surface area contributed by atoms with E-state index in [1.165, 1.54) is 32.7 Å². The first-order valence-electron chi connectivity index (χ1n) is 18.2. The highest BCUT2D eigenvalue weighted by Crippen LogP contribution is 2.47. The van der Waals surface area contributed by atoms with Crippen molar-refractivity contribution in [1.82, 2.24) is 24.1 Å². The predicted octanol–water partition coefficient (Wildman–Crippen LogP) is 12.2. The smallest absolute Gasteiger partial charge is 0.238 e. The molecular weight excluding hydrogens is 659 g/mol. The van der Waals surface area contributed by atoms with Gasteiger partial charge in [0.15, 0.2) is 11.6 Å². The maximum absolute atomic E-state index is 5.29. The third kappa shape index (κ3) is 4.62. The van der Waals surface area contributed by atoms with Gasteiger partial charge in [-0.3, -0.25) is 4.57 Å². The van der Waals surface area contributed by atoms with E-state index in [0.717, 1.165) is 49.7 Å². The zero-order valence-corrected chi connectivity index (χ0v) is 29.1. The van der Waals surface area contributed by atoms with Crippen LogP contribution in [0.1, 0.15) is 0 Å². The molecule has 0 aliphatic rings. The molecule has 0 saturated carbocycles. The number of benzene rings is 8. The van der Waals surface area contributed by atoms with Gasteiger partial charge in [0.05, 0.1) is 22.1 Å². The summed E-state index contributed by atoms with van der Waals surface area (Å²) in [7, 11) is 0. The van der Waals surface area contributed by atoms with Gasteiger partial charge < -0.3 is 4.57 Å². The lowest BCUT2D eigenvalue weighted by atomic mass is 9.93. The molecule has 0 radical (unpaired) electrons. The molecule has 0 fully saturated rings. The second kappa shape index (κ2) is 12.1. The first-order valence-corrected chi connectivity index (χ1v) is 18.2. The van der Waals surface area contributed by atoms with E-state index in [4.69, 9.17) is 15.0 Å². The lowest BCUT2D eigenvalue weighted by Crippen LogP contribution is -2.07. The fourth-order valence-electron chi connectivity index (χ4n) is 8.22. The van der Waals surface area contributed by atoms with E-state index < -0.39 is 0 Å². The SMILES string of the molecule is c1ccc(-c2nc(-c3ccccc3)nc(-n3c4ccccc4c4cc(-c5cccc6ccccc56)c5c6ccccc6n(-c6ccccc6)c5c43)n2)cc1. The minimum atomic E-state index is 0.568. The maximum Gasteiger partial charge on any atom is 0.238 e. The van der Waals surface area contributed by atoms with Crippen molar-refractivity contribution in [2.24, 2.45) is 0 Å². The Balaban J connectivity index is 1.37. The van der Waals surface area contributed by atoms with E-state index in [9.17, 15) is 0 Å². The quantitative estimate of drug-likeness (QED) is 0.181. The Morgan fingerprint density at radius 1 is 0.352 bits per heavy atom. The van der Waals surface area contributed by atoms with Gasteiger partial charge in [-0.15, -0.1) is 0 Å². The summed E-state index contributed by atoms with van der Waals surface area (Å²) >= 11 is 0. The summed E-state index contributed by atoms with van der Waals surface area (Å²) in [5.74, 6) is 1.81. The standard InChI is InChI=1S/C49H31N5/c1-4-18-33(19-5-1)47-50-48(34-20-6-2-7-21-34)52-49(51-47)54-42-29-14-12-26-38(42)41-31-40(37-28-16-22-32-17-10-11-25-36(32)37)44-39-27-13-15-30-43(39)53(46(44)45(41)54)35-23-8-3-9-24-35/h1-31H. The monoisotopic (exact) mass is 689 g/mol. The van der Waals surface area contributed by atoms with E-state index in [-0.39, 0.29) is 0 Å². The number of hydrogen-bond acceptors (Lipinski definition) is 3. The largest absolute Gasteiger partial charge is 0.307 e. The Hall–Kier alpha value is -7.37. The van der Waals surface area contributed by atoms with Crippen LogP contribution in [0.15, 0.2) is 188 Å². The molecule has 8 aromatic carbocycles. The molecule has 11 rings (SSSR count). The Morgan fingerprint density at radius 2 is 0.889 bits per heavy atom. The molecule has 0 amide bonds. The van der Waals surface area contributed by atoms with Crippen molar-refractivity contribution >= 4 is 54.4 Å². The average Bonchev–Trinajstić information content (AvgIpc) is 3.77. The minimum Gasteiger partial charge on any atom is -0.307 e. The third-order valence-electron chi connectivity index (χ3n) is 10.6. The maximum atomic E-state index is 5.29. The highest BCUT2D eigenvalue weighted by atomic mass is 15.2. The van der Waals surface area contributed by atoms with Gasteiger partial charge >= 0.3 is 0 Å². The fraction of sp³-hybridized carbons (Fsp3) is 0. The second-order valence-electron chi connectivity index (χ2n) is 13.6. The van der Waals surface area contributed by atoms with E-state index in [2.05, 4.69) is 161 Å². The van der Waals surface area contributed by atoms with Crippen LogP contribution in [0.25, 0.3) is 99.9 Å². The van der Waals surface area contributed by atoms with Gasteiger partial charge in [0.1, 0.15) is 0 Å². The highest BCUT2D eigenvalue weighted by Gasteiger charge is 2.26. The van der Waals surface area contributed by atoms with E-state index in [1.807, 2.05) is 36.4 Å². The van der Waals surface area contributed by atoms with Crippen molar-refractivity contribution in [3.05, 3.63) is 188 Å². The molecule has 3 aromatic heterocycles. The van der Waals surface area contributed by atoms with E-state index in [1.54, 1.807) is 0 Å². The minimum absolute atomic E-state index is 0.568. The van der Waals surface area contributed by atoms with Crippen LogP contribution in [0.3, 0.4) is 0 Å². The predicted molar refractivity (Wildman–Crippen MR) is 222 cm³/mol. The number of aromatic nitrogens is 5. The number of para-hydroxylation sites is 3. The Labute approximate surface area is 311 Å². The number of nitrogens with zero attached hydrogens (tertiary/aromatic N) is 5. The fourth-order valence-corrected chi connectivity index (χ4v) is 8.22. The first kappa shape index (κ1) is 30.3. The van der Waals surface area contributed by atoms with E-state index in [0.29, 0.717) is 17.6 Å². The molecule has 0 unspecified atom stereocenters. The zero-order chi connectivity index (χ0) is 35.6. The second-order valence-corrected chi connectivity index (χ2v) is 13.6. The lowest BCUT2D eigenvalue weighted by molar-refractivity contribution is 0.953. The zero-order valence-electron chi connectivity index (χ0n) is 29.1. The molecule has 5 nitrogen and oxygen atoms in total. The molecule has 0 N–H and O–H groups in total. The molecule has 0 spiro atoms. The molecule has 54 heavy (non-hydrogen) atoms. The van der Waals surface area contributed by atoms with Crippen molar-refractivity contribution in [2.75, 3.05) is 0 Å². The Kier molecular flexibility index (Phi) is 6.79. The molecule has 0 atom stereocenters. The third-order valence-corrected chi connectivity index (χ3v) is 10.6. The van der Waals surface area contributed by atoms with Crippen LogP contribution in [-0.4, -0.2) is 24.1 Å². The molecule has 3 heterocycles. The van der Waals surface area contributed by atoms with Gasteiger partial charge in [-0.1, -0.05) is 158 Å². The molecule has 0 saturated heterocycles.